The van der Waals surface area contributed by atoms with E-state index in [0.717, 1.165) is 66.7 Å². The Kier molecular flexibility index (Phi) is 6.49. The minimum absolute atomic E-state index is 0.0644. The second kappa shape index (κ2) is 9.86. The molecule has 35 heavy (non-hydrogen) atoms. The number of rotatable bonds is 6. The van der Waals surface area contributed by atoms with Gasteiger partial charge < -0.3 is 23.9 Å². The van der Waals surface area contributed by atoms with Crippen LogP contribution in [0.1, 0.15) is 31.0 Å². The van der Waals surface area contributed by atoms with E-state index in [1.165, 1.54) is 5.57 Å². The number of fused-ring (bicyclic) bond motifs is 3. The van der Waals surface area contributed by atoms with Crippen LogP contribution in [0.5, 0.6) is 5.75 Å². The molecular weight excluding hydrogens is 438 g/mol. The molecule has 2 saturated heterocycles. The summed E-state index contributed by atoms with van der Waals surface area (Å²) in [4.78, 5) is 15.2. The zero-order valence-corrected chi connectivity index (χ0v) is 20.7. The molecule has 0 radical (unpaired) electrons. The standard InChI is InChI=1S/C28H33N5O2/c1-5-8-23(9-6-2)31-17-25-27(18-31)35-30-28-22(10-7-13-33(25)28)14-21-11-12-24(26(15-21)34-4)32-16-20(3)29-19-32/h5-6,8-9,11-12,14-16,19,25,27H,1,7,10,13,17-18H2,2-4H3/b9-6-,22-14+,23-8+. The number of likely N-dealkylation sites (tertiary alicyclic amines) is 1. The van der Waals surface area contributed by atoms with E-state index < -0.39 is 0 Å². The van der Waals surface area contributed by atoms with E-state index in [4.69, 9.17) is 9.57 Å². The Morgan fingerprint density at radius 1 is 1.29 bits per heavy atom. The third kappa shape index (κ3) is 4.50. The molecule has 0 amide bonds. The molecular formula is C28H33N5O2. The number of methoxy groups -OCH3 is 1. The summed E-state index contributed by atoms with van der Waals surface area (Å²) >= 11 is 0. The van der Waals surface area contributed by atoms with Crippen molar-refractivity contribution in [1.82, 2.24) is 19.4 Å². The van der Waals surface area contributed by atoms with Crippen LogP contribution in [0.2, 0.25) is 0 Å². The lowest BCUT2D eigenvalue weighted by Crippen LogP contribution is -2.53. The van der Waals surface area contributed by atoms with Gasteiger partial charge in [-0.05, 0) is 68.2 Å². The van der Waals surface area contributed by atoms with Crippen molar-refractivity contribution >= 4 is 11.9 Å². The van der Waals surface area contributed by atoms with E-state index in [9.17, 15) is 0 Å². The summed E-state index contributed by atoms with van der Waals surface area (Å²) in [5, 5.41) is 4.61. The van der Waals surface area contributed by atoms with Gasteiger partial charge in [-0.3, -0.25) is 0 Å². The molecule has 0 saturated carbocycles. The number of aryl methyl sites for hydroxylation is 1. The quantitative estimate of drug-likeness (QED) is 0.571. The molecule has 3 aliphatic heterocycles. The minimum Gasteiger partial charge on any atom is -0.495 e. The second-order valence-electron chi connectivity index (χ2n) is 9.18. The molecule has 4 heterocycles. The molecule has 0 aliphatic carbocycles. The SMILES string of the molecule is C=C/C=C(\C=C/C)N1CC2ON=C3/C(=C/c4ccc(-n5cnc(C)c5)c(OC)c4)CCCN3C2C1. The molecule has 0 N–H and O–H groups in total. The van der Waals surface area contributed by atoms with Gasteiger partial charge in [0.25, 0.3) is 0 Å². The maximum atomic E-state index is 6.05. The number of imidazole rings is 1. The number of benzene rings is 1. The Balaban J connectivity index is 1.39. The Bertz CT molecular complexity index is 1220. The first-order chi connectivity index (χ1) is 17.1. The van der Waals surface area contributed by atoms with Gasteiger partial charge in [-0.2, -0.15) is 0 Å². The molecule has 182 valence electrons. The predicted molar refractivity (Wildman–Crippen MR) is 140 cm³/mol. The average Bonchev–Trinajstić information content (AvgIpc) is 3.50. The zero-order valence-electron chi connectivity index (χ0n) is 20.7. The third-order valence-corrected chi connectivity index (χ3v) is 6.84. The van der Waals surface area contributed by atoms with Gasteiger partial charge >= 0.3 is 0 Å². The van der Waals surface area contributed by atoms with Crippen LogP contribution in [-0.2, 0) is 4.84 Å². The summed E-state index contributed by atoms with van der Waals surface area (Å²) in [6.07, 6.45) is 16.3. The zero-order chi connectivity index (χ0) is 24.4. The van der Waals surface area contributed by atoms with Crippen LogP contribution in [0, 0.1) is 6.92 Å². The van der Waals surface area contributed by atoms with Crippen molar-refractivity contribution in [3.8, 4) is 11.4 Å². The molecule has 2 unspecified atom stereocenters. The molecule has 7 heteroatoms. The maximum absolute atomic E-state index is 6.05. The van der Waals surface area contributed by atoms with Gasteiger partial charge in [0, 0.05) is 25.0 Å². The Morgan fingerprint density at radius 2 is 2.17 bits per heavy atom. The van der Waals surface area contributed by atoms with Gasteiger partial charge in [0.2, 0.25) is 0 Å². The molecule has 7 nitrogen and oxygen atoms in total. The number of oxime groups is 1. The molecule has 0 bridgehead atoms. The number of allylic oxidation sites excluding steroid dienone is 4. The van der Waals surface area contributed by atoms with Crippen molar-refractivity contribution in [3.63, 3.8) is 0 Å². The predicted octanol–water partition coefficient (Wildman–Crippen LogP) is 4.71. The fraction of sp³-hybridized carbons (Fsp3) is 0.357. The largest absolute Gasteiger partial charge is 0.495 e. The monoisotopic (exact) mass is 471 g/mol. The summed E-state index contributed by atoms with van der Waals surface area (Å²) in [6.45, 7) is 10.6. The molecule has 2 fully saturated rings. The highest BCUT2D eigenvalue weighted by molar-refractivity contribution is 6.03. The fourth-order valence-electron chi connectivity index (χ4n) is 5.21. The average molecular weight is 472 g/mol. The van der Waals surface area contributed by atoms with Crippen molar-refractivity contribution in [2.24, 2.45) is 5.16 Å². The number of hydrogen-bond acceptors (Lipinski definition) is 6. The highest BCUT2D eigenvalue weighted by Gasteiger charge is 2.44. The Hall–Kier alpha value is -3.74. The highest BCUT2D eigenvalue weighted by atomic mass is 16.6. The number of aromatic nitrogens is 2. The number of ether oxygens (including phenoxy) is 1. The van der Waals surface area contributed by atoms with Crippen LogP contribution < -0.4 is 4.74 Å². The first kappa shape index (κ1) is 23.0. The van der Waals surface area contributed by atoms with Crippen LogP contribution in [0.3, 0.4) is 0 Å². The number of nitrogens with zero attached hydrogens (tertiary/aromatic N) is 5. The summed E-state index contributed by atoms with van der Waals surface area (Å²) < 4.78 is 7.70. The smallest absolute Gasteiger partial charge is 0.171 e. The fourth-order valence-corrected chi connectivity index (χ4v) is 5.21. The second-order valence-corrected chi connectivity index (χ2v) is 9.18. The normalized spacial score (nSPS) is 23.2. The van der Waals surface area contributed by atoms with E-state index in [0.29, 0.717) is 0 Å². The van der Waals surface area contributed by atoms with Crippen molar-refractivity contribution in [2.45, 2.75) is 38.8 Å². The van der Waals surface area contributed by atoms with Crippen molar-refractivity contribution < 1.29 is 9.57 Å². The maximum Gasteiger partial charge on any atom is 0.171 e. The van der Waals surface area contributed by atoms with Crippen LogP contribution in [0.25, 0.3) is 11.8 Å². The van der Waals surface area contributed by atoms with E-state index in [1.54, 1.807) is 7.11 Å². The topological polar surface area (TPSA) is 55.1 Å². The third-order valence-electron chi connectivity index (χ3n) is 6.84. The van der Waals surface area contributed by atoms with Gasteiger partial charge in [-0.1, -0.05) is 30.0 Å². The molecule has 1 aromatic heterocycles. The van der Waals surface area contributed by atoms with Gasteiger partial charge in [0.1, 0.15) is 5.75 Å². The van der Waals surface area contributed by atoms with E-state index in [-0.39, 0.29) is 12.1 Å². The van der Waals surface area contributed by atoms with E-state index >= 15 is 0 Å². The minimum atomic E-state index is 0.0644. The number of amidine groups is 1. The van der Waals surface area contributed by atoms with Gasteiger partial charge in [0.15, 0.2) is 11.9 Å². The van der Waals surface area contributed by atoms with Gasteiger partial charge in [-0.15, -0.1) is 0 Å². The van der Waals surface area contributed by atoms with Crippen LogP contribution >= 0.6 is 0 Å². The summed E-state index contributed by atoms with van der Waals surface area (Å²) in [5.41, 5.74) is 5.39. The van der Waals surface area contributed by atoms with E-state index in [1.807, 2.05) is 37.0 Å². The Morgan fingerprint density at radius 3 is 2.91 bits per heavy atom. The first-order valence-corrected chi connectivity index (χ1v) is 12.2. The lowest BCUT2D eigenvalue weighted by Gasteiger charge is -2.40. The Labute approximate surface area is 207 Å². The van der Waals surface area contributed by atoms with E-state index in [2.05, 4.69) is 69.0 Å². The molecule has 3 aliphatic rings. The van der Waals surface area contributed by atoms with Crippen LogP contribution in [0.4, 0.5) is 0 Å². The van der Waals surface area contributed by atoms with Gasteiger partial charge in [-0.25, -0.2) is 4.98 Å². The summed E-state index contributed by atoms with van der Waals surface area (Å²) in [7, 11) is 1.70. The number of piperidine rings is 1. The van der Waals surface area contributed by atoms with Crippen LogP contribution in [0.15, 0.2) is 78.0 Å². The molecule has 2 aromatic rings. The van der Waals surface area contributed by atoms with Crippen LogP contribution in [-0.4, -0.2) is 64.1 Å². The molecule has 5 rings (SSSR count). The van der Waals surface area contributed by atoms with Crippen molar-refractivity contribution in [2.75, 3.05) is 26.7 Å². The lowest BCUT2D eigenvalue weighted by atomic mass is 9.97. The molecule has 1 aromatic carbocycles. The summed E-state index contributed by atoms with van der Waals surface area (Å²) in [6, 6.07) is 6.55. The number of hydrogen-bond donors (Lipinski definition) is 0. The summed E-state index contributed by atoms with van der Waals surface area (Å²) in [5.74, 6) is 1.77. The van der Waals surface area contributed by atoms with Gasteiger partial charge in [0.05, 0.1) is 37.4 Å². The lowest BCUT2D eigenvalue weighted by molar-refractivity contribution is 0.00543. The highest BCUT2D eigenvalue weighted by Crippen LogP contribution is 2.33. The molecule has 2 atom stereocenters. The molecule has 0 spiro atoms. The first-order valence-electron chi connectivity index (χ1n) is 12.2. The van der Waals surface area contributed by atoms with Crippen molar-refractivity contribution in [1.29, 1.82) is 0 Å². The van der Waals surface area contributed by atoms with Crippen molar-refractivity contribution in [3.05, 3.63) is 84.1 Å².